The number of rotatable bonds is 19. The van der Waals surface area contributed by atoms with Crippen molar-refractivity contribution >= 4 is 78.2 Å². The van der Waals surface area contributed by atoms with Crippen molar-refractivity contribution in [3.05, 3.63) is 172 Å². The van der Waals surface area contributed by atoms with Crippen LogP contribution in [-0.2, 0) is 43.4 Å². The van der Waals surface area contributed by atoms with E-state index in [0.29, 0.717) is 66.4 Å². The minimum atomic E-state index is -4.03. The number of nitrogens with zero attached hydrogens (tertiary/aromatic N) is 3. The molecule has 12 nitrogen and oxygen atoms in total. The Morgan fingerprint density at radius 3 is 2.25 bits per heavy atom. The zero-order valence-electron chi connectivity index (χ0n) is 42.7. The molecule has 0 saturated carbocycles. The first-order valence-electron chi connectivity index (χ1n) is 24.9. The van der Waals surface area contributed by atoms with E-state index in [2.05, 4.69) is 121 Å². The topological polar surface area (TPSA) is 150 Å². The van der Waals surface area contributed by atoms with Gasteiger partial charge in [0.25, 0.3) is 16.0 Å². The summed E-state index contributed by atoms with van der Waals surface area (Å²) in [5, 5.41) is 9.67. The first kappa shape index (κ1) is 52.5. The largest absolute Gasteiger partial charge is 0.497 e. The predicted octanol–water partition coefficient (Wildman–Crippen LogP) is 10.7. The number of ether oxygens (including phenoxy) is 1. The highest BCUT2D eigenvalue weighted by Crippen LogP contribution is 2.48. The second-order valence-corrected chi connectivity index (χ2v) is 21.9. The van der Waals surface area contributed by atoms with Crippen molar-refractivity contribution < 1.29 is 36.7 Å². The normalized spacial score (nSPS) is 15.5. The number of fused-ring (bicyclic) bond motifs is 5. The molecule has 0 aliphatic carbocycles. The number of unbranched alkanes of at least 4 members (excludes halogenated alkanes) is 1. The van der Waals surface area contributed by atoms with Crippen LogP contribution in [0, 0.1) is 6.92 Å². The summed E-state index contributed by atoms with van der Waals surface area (Å²) >= 11 is 6.08. The van der Waals surface area contributed by atoms with Gasteiger partial charge in [-0.3, -0.25) is 23.5 Å². The minimum Gasteiger partial charge on any atom is -0.497 e. The van der Waals surface area contributed by atoms with Crippen LogP contribution in [0.5, 0.6) is 5.75 Å². The summed E-state index contributed by atoms with van der Waals surface area (Å²) in [6.45, 7) is 15.0. The highest BCUT2D eigenvalue weighted by Gasteiger charge is 2.45. The maximum absolute atomic E-state index is 13.7. The lowest BCUT2D eigenvalue weighted by atomic mass is 9.79. The van der Waals surface area contributed by atoms with Crippen LogP contribution in [0.2, 0.25) is 5.02 Å². The van der Waals surface area contributed by atoms with Crippen molar-refractivity contribution in [2.24, 2.45) is 0 Å². The number of hydrogen-bond donors (Lipinski definition) is 3. The Morgan fingerprint density at radius 2 is 1.53 bits per heavy atom. The molecule has 6 aromatic rings. The Labute approximate surface area is 433 Å². The lowest BCUT2D eigenvalue weighted by Crippen LogP contribution is -2.31. The van der Waals surface area contributed by atoms with Crippen LogP contribution in [0.1, 0.15) is 92.2 Å². The van der Waals surface area contributed by atoms with Crippen molar-refractivity contribution in [3.63, 3.8) is 0 Å². The molecule has 0 fully saturated rings. The molecule has 14 heteroatoms. The van der Waals surface area contributed by atoms with Gasteiger partial charge in [0, 0.05) is 82.2 Å². The summed E-state index contributed by atoms with van der Waals surface area (Å²) in [6, 6.07) is 31.2. The molecule has 0 unspecified atom stereocenters. The SMILES string of the molecule is CCN1/C(=C/C=C/C=C/C2=[N+](CCCCS(=O)(=O)O)c3ccc4ccccc4c3C2(C)C)C(C)(C)c2cc(CC(=O)NCCCNC(=O)Cc3c(C)n(C(=O)c4ccc(Cl)cc4)c4ccc(OC)cc34)ccc21. The molecule has 2 amide bonds. The minimum absolute atomic E-state index is 0.0646. The van der Waals surface area contributed by atoms with Gasteiger partial charge in [0.2, 0.25) is 17.5 Å². The third kappa shape index (κ3) is 11.1. The molecule has 2 aliphatic rings. The van der Waals surface area contributed by atoms with Gasteiger partial charge in [0.1, 0.15) is 12.3 Å². The quantitative estimate of drug-likeness (QED) is 0.0314. The zero-order chi connectivity index (χ0) is 52.2. The van der Waals surface area contributed by atoms with Gasteiger partial charge in [0.05, 0.1) is 36.6 Å². The third-order valence-corrected chi connectivity index (χ3v) is 15.4. The number of benzene rings is 5. The number of likely N-dealkylation sites (N-methyl/N-ethyl adjacent to an activating group) is 1. The number of allylic oxidation sites excluding steroid dienone is 6. The van der Waals surface area contributed by atoms with Gasteiger partial charge in [-0.15, -0.1) is 0 Å². The van der Waals surface area contributed by atoms with Crippen molar-refractivity contribution in [2.75, 3.05) is 43.9 Å². The van der Waals surface area contributed by atoms with Crippen LogP contribution in [0.15, 0.2) is 133 Å². The Morgan fingerprint density at radius 1 is 0.808 bits per heavy atom. The number of nitrogens with one attached hydrogen (secondary N) is 2. The van der Waals surface area contributed by atoms with Crippen molar-refractivity contribution in [1.82, 2.24) is 15.2 Å². The molecular weight excluding hydrogens is 958 g/mol. The summed E-state index contributed by atoms with van der Waals surface area (Å²) in [5.74, 6) is -0.155. The summed E-state index contributed by atoms with van der Waals surface area (Å²) in [6.07, 6.45) is 12.3. The van der Waals surface area contributed by atoms with E-state index in [1.165, 1.54) is 16.3 Å². The van der Waals surface area contributed by atoms with Crippen LogP contribution < -0.4 is 20.3 Å². The molecule has 0 spiro atoms. The molecule has 3 heterocycles. The monoisotopic (exact) mass is 1020 g/mol. The van der Waals surface area contributed by atoms with E-state index in [0.717, 1.165) is 51.4 Å². The van der Waals surface area contributed by atoms with Gasteiger partial charge in [-0.05, 0) is 129 Å². The van der Waals surface area contributed by atoms with Gasteiger partial charge in [-0.2, -0.15) is 13.0 Å². The average Bonchev–Trinajstić information content (AvgIpc) is 3.85. The second-order valence-electron chi connectivity index (χ2n) is 19.9. The number of anilines is 1. The number of carbonyl (C=O) groups excluding carboxylic acids is 3. The maximum Gasteiger partial charge on any atom is 0.264 e. The molecule has 5 aromatic carbocycles. The van der Waals surface area contributed by atoms with E-state index in [9.17, 15) is 27.4 Å². The van der Waals surface area contributed by atoms with Crippen LogP contribution >= 0.6 is 11.6 Å². The summed E-state index contributed by atoms with van der Waals surface area (Å²) in [4.78, 5) is 42.6. The van der Waals surface area contributed by atoms with Crippen molar-refractivity contribution in [3.8, 4) is 5.75 Å². The van der Waals surface area contributed by atoms with Gasteiger partial charge in [-0.25, -0.2) is 0 Å². The van der Waals surface area contributed by atoms with Crippen molar-refractivity contribution in [2.45, 2.75) is 84.5 Å². The zero-order valence-corrected chi connectivity index (χ0v) is 44.3. The fraction of sp³-hybridized carbons (Fsp3) is 0.322. The molecule has 73 heavy (non-hydrogen) atoms. The Bertz CT molecular complexity index is 3370. The lowest BCUT2D eigenvalue weighted by molar-refractivity contribution is -0.438. The summed E-state index contributed by atoms with van der Waals surface area (Å²) in [5.41, 5.74) is 9.71. The predicted molar refractivity (Wildman–Crippen MR) is 294 cm³/mol. The summed E-state index contributed by atoms with van der Waals surface area (Å²) in [7, 11) is -2.45. The molecule has 3 N–H and O–H groups in total. The molecular formula is C59H65ClN5O7S+. The van der Waals surface area contributed by atoms with E-state index in [-0.39, 0.29) is 47.1 Å². The number of hydrogen-bond acceptors (Lipinski definition) is 7. The van der Waals surface area contributed by atoms with Crippen molar-refractivity contribution in [1.29, 1.82) is 0 Å². The fourth-order valence-corrected chi connectivity index (χ4v) is 11.4. The van der Waals surface area contributed by atoms with Crippen LogP contribution in [0.4, 0.5) is 11.4 Å². The standard InChI is InChI=1S/C59H64ClN5O7S/c1-8-63-50-28-21-40(36-54(66)61-31-16-32-62-55(67)38-46-39(2)65(49-30-27-44(72-7)37-47(46)49)57(68)42-22-25-43(60)26-23-42)35-48(50)58(3,4)52(63)19-10-9-11-20-53-59(5,6)56-45-18-13-12-17-41(45)24-29-51(56)64(53)33-14-15-34-73(69,70)71/h9-13,17-30,35,37H,8,14-16,31-34,36,38H2,1-7H3,(H2-,61,62,66,67,69,70,71)/p+1. The van der Waals surface area contributed by atoms with Gasteiger partial charge in [0.15, 0.2) is 5.71 Å². The first-order chi connectivity index (χ1) is 34.8. The van der Waals surface area contributed by atoms with E-state index in [4.69, 9.17) is 16.3 Å². The molecule has 2 aliphatic heterocycles. The van der Waals surface area contributed by atoms with Crippen LogP contribution in [-0.4, -0.2) is 84.6 Å². The third-order valence-electron chi connectivity index (χ3n) is 14.3. The summed E-state index contributed by atoms with van der Waals surface area (Å²) < 4.78 is 41.7. The molecule has 380 valence electrons. The number of carbonyl (C=O) groups is 3. The molecule has 1 aromatic heterocycles. The van der Waals surface area contributed by atoms with E-state index in [1.807, 2.05) is 37.3 Å². The maximum atomic E-state index is 13.7. The highest BCUT2D eigenvalue weighted by molar-refractivity contribution is 7.85. The van der Waals surface area contributed by atoms with Gasteiger partial charge < -0.3 is 20.3 Å². The van der Waals surface area contributed by atoms with E-state index in [1.54, 1.807) is 42.0 Å². The molecule has 0 radical (unpaired) electrons. The lowest BCUT2D eigenvalue weighted by Gasteiger charge is -2.25. The number of amides is 2. The van der Waals surface area contributed by atoms with E-state index >= 15 is 0 Å². The van der Waals surface area contributed by atoms with Gasteiger partial charge in [-0.1, -0.05) is 80.1 Å². The number of halogens is 1. The first-order valence-corrected chi connectivity index (χ1v) is 26.9. The number of methoxy groups -OCH3 is 1. The molecule has 0 saturated heterocycles. The molecule has 0 atom stereocenters. The smallest absolute Gasteiger partial charge is 0.264 e. The molecule has 0 bridgehead atoms. The Balaban J connectivity index is 0.877. The average molecular weight is 1020 g/mol. The number of aromatic nitrogens is 1. The Hall–Kier alpha value is -6.80. The van der Waals surface area contributed by atoms with Crippen LogP contribution in [0.3, 0.4) is 0 Å². The highest BCUT2D eigenvalue weighted by atomic mass is 35.5. The van der Waals surface area contributed by atoms with E-state index < -0.39 is 10.1 Å². The van der Waals surface area contributed by atoms with Gasteiger partial charge >= 0.3 is 0 Å². The van der Waals surface area contributed by atoms with Crippen LogP contribution in [0.25, 0.3) is 21.7 Å². The molecule has 8 rings (SSSR count). The Kier molecular flexibility index (Phi) is 15.6. The fourth-order valence-electron chi connectivity index (χ4n) is 10.7. The second kappa shape index (κ2) is 21.7.